The molecule has 4 rings (SSSR count). The van der Waals surface area contributed by atoms with E-state index in [1.165, 1.54) is 18.1 Å². The van der Waals surface area contributed by atoms with Crippen LogP contribution in [0, 0.1) is 0 Å². The molecule has 1 aromatic heterocycles. The predicted molar refractivity (Wildman–Crippen MR) is 113 cm³/mol. The van der Waals surface area contributed by atoms with Crippen LogP contribution in [0.15, 0.2) is 53.7 Å². The van der Waals surface area contributed by atoms with E-state index < -0.39 is 9.84 Å². The van der Waals surface area contributed by atoms with Crippen molar-refractivity contribution in [2.45, 2.75) is 18.0 Å². The maximum Gasteiger partial charge on any atom is 0.175 e. The Hall–Kier alpha value is -2.55. The molecule has 8 heteroatoms. The Balaban J connectivity index is 1.51. The summed E-state index contributed by atoms with van der Waals surface area (Å²) in [7, 11) is -3.29. The fourth-order valence-corrected chi connectivity index (χ4v) is 4.10. The van der Waals surface area contributed by atoms with Crippen molar-refractivity contribution in [3.63, 3.8) is 0 Å². The quantitative estimate of drug-likeness (QED) is 0.666. The molecule has 0 unspecified atom stereocenters. The van der Waals surface area contributed by atoms with Crippen LogP contribution < -0.4 is 5.32 Å². The van der Waals surface area contributed by atoms with Crippen molar-refractivity contribution in [2.24, 2.45) is 0 Å². The molecule has 0 aliphatic carbocycles. The second-order valence-corrected chi connectivity index (χ2v) is 9.25. The monoisotopic (exact) mass is 412 g/mol. The van der Waals surface area contributed by atoms with Gasteiger partial charge in [0.2, 0.25) is 0 Å². The van der Waals surface area contributed by atoms with Gasteiger partial charge in [0.25, 0.3) is 0 Å². The van der Waals surface area contributed by atoms with Gasteiger partial charge in [-0.15, -0.1) is 0 Å². The fourth-order valence-electron chi connectivity index (χ4n) is 3.45. The number of sulfone groups is 1. The van der Waals surface area contributed by atoms with Crippen molar-refractivity contribution in [3.05, 3.63) is 59.9 Å². The van der Waals surface area contributed by atoms with E-state index >= 15 is 0 Å². The lowest BCUT2D eigenvalue weighted by atomic mass is 10.1. The molecule has 152 valence electrons. The summed E-state index contributed by atoms with van der Waals surface area (Å²) in [4.78, 5) is 11.2. The number of nitrogens with zero attached hydrogens (tertiary/aromatic N) is 3. The van der Waals surface area contributed by atoms with E-state index in [1.54, 1.807) is 18.2 Å². The van der Waals surface area contributed by atoms with Gasteiger partial charge in [-0.3, -0.25) is 4.90 Å². The molecule has 0 spiro atoms. The van der Waals surface area contributed by atoms with Crippen molar-refractivity contribution in [3.8, 4) is 0 Å². The van der Waals surface area contributed by atoms with E-state index in [-0.39, 0.29) is 4.90 Å². The summed E-state index contributed by atoms with van der Waals surface area (Å²) in [6.07, 6.45) is 2.69. The van der Waals surface area contributed by atoms with Crippen molar-refractivity contribution in [1.29, 1.82) is 0 Å². The van der Waals surface area contributed by atoms with Gasteiger partial charge in [0.1, 0.15) is 12.1 Å². The number of nitrogens with one attached hydrogen (secondary N) is 1. The van der Waals surface area contributed by atoms with Gasteiger partial charge in [-0.05, 0) is 29.3 Å². The van der Waals surface area contributed by atoms with E-state index in [9.17, 15) is 8.42 Å². The lowest BCUT2D eigenvalue weighted by Crippen LogP contribution is -2.35. The van der Waals surface area contributed by atoms with Crippen molar-refractivity contribution >= 4 is 26.6 Å². The number of ether oxygens (including phenoxy) is 1. The molecule has 1 fully saturated rings. The maximum atomic E-state index is 11.9. The lowest BCUT2D eigenvalue weighted by molar-refractivity contribution is 0.0342. The van der Waals surface area contributed by atoms with Gasteiger partial charge in [-0.25, -0.2) is 18.4 Å². The number of hydrogen-bond acceptors (Lipinski definition) is 7. The third-order valence-corrected chi connectivity index (χ3v) is 6.11. The van der Waals surface area contributed by atoms with Crippen LogP contribution in [0.2, 0.25) is 0 Å². The third-order valence-electron chi connectivity index (χ3n) is 5.00. The van der Waals surface area contributed by atoms with E-state index in [0.717, 1.165) is 38.4 Å². The molecule has 1 aliphatic heterocycles. The Morgan fingerprint density at radius 3 is 2.66 bits per heavy atom. The highest BCUT2D eigenvalue weighted by Crippen LogP contribution is 2.23. The van der Waals surface area contributed by atoms with Gasteiger partial charge < -0.3 is 10.1 Å². The first-order valence-corrected chi connectivity index (χ1v) is 11.4. The molecule has 1 N–H and O–H groups in total. The Labute approximate surface area is 170 Å². The molecule has 0 bridgehead atoms. The lowest BCUT2D eigenvalue weighted by Gasteiger charge is -2.26. The molecule has 0 saturated carbocycles. The van der Waals surface area contributed by atoms with Gasteiger partial charge in [0.15, 0.2) is 9.84 Å². The first kappa shape index (κ1) is 19.8. The fraction of sp³-hybridized carbons (Fsp3) is 0.333. The Kier molecular flexibility index (Phi) is 5.75. The topological polar surface area (TPSA) is 84.4 Å². The average molecular weight is 413 g/mol. The zero-order chi connectivity index (χ0) is 20.3. The van der Waals surface area contributed by atoms with Gasteiger partial charge in [0.05, 0.1) is 23.6 Å². The third kappa shape index (κ3) is 4.90. The predicted octanol–water partition coefficient (Wildman–Crippen LogP) is 2.48. The van der Waals surface area contributed by atoms with Crippen LogP contribution >= 0.6 is 0 Å². The molecule has 29 heavy (non-hydrogen) atoms. The minimum atomic E-state index is -3.29. The van der Waals surface area contributed by atoms with Crippen LogP contribution in [0.4, 0.5) is 5.82 Å². The average Bonchev–Trinajstić information content (AvgIpc) is 2.72. The molecule has 0 atom stereocenters. The van der Waals surface area contributed by atoms with Crippen LogP contribution in [0.5, 0.6) is 0 Å². The molecule has 1 aliphatic rings. The van der Waals surface area contributed by atoms with Gasteiger partial charge in [-0.2, -0.15) is 0 Å². The molecular formula is C21H24N4O3S. The first-order valence-electron chi connectivity index (χ1n) is 9.56. The van der Waals surface area contributed by atoms with Crippen LogP contribution in [0.25, 0.3) is 10.9 Å². The van der Waals surface area contributed by atoms with Gasteiger partial charge in [-0.1, -0.05) is 24.3 Å². The van der Waals surface area contributed by atoms with Crippen LogP contribution in [0.1, 0.15) is 11.1 Å². The largest absolute Gasteiger partial charge is 0.379 e. The summed E-state index contributed by atoms with van der Waals surface area (Å²) in [5.41, 5.74) is 3.11. The normalized spacial score (nSPS) is 15.5. The Morgan fingerprint density at radius 2 is 1.86 bits per heavy atom. The van der Waals surface area contributed by atoms with Crippen molar-refractivity contribution < 1.29 is 13.2 Å². The second-order valence-electron chi connectivity index (χ2n) is 7.24. The van der Waals surface area contributed by atoms with Crippen LogP contribution in [-0.2, 0) is 27.7 Å². The maximum absolute atomic E-state index is 11.9. The van der Waals surface area contributed by atoms with Crippen LogP contribution in [-0.4, -0.2) is 55.8 Å². The van der Waals surface area contributed by atoms with Crippen LogP contribution in [0.3, 0.4) is 0 Å². The number of morpholine rings is 1. The zero-order valence-corrected chi connectivity index (χ0v) is 17.2. The number of aromatic nitrogens is 2. The molecule has 2 heterocycles. The number of rotatable bonds is 6. The molecule has 0 amide bonds. The highest BCUT2D eigenvalue weighted by Gasteiger charge is 2.12. The van der Waals surface area contributed by atoms with E-state index in [2.05, 4.69) is 44.5 Å². The summed E-state index contributed by atoms with van der Waals surface area (Å²) in [5.74, 6) is 0.624. The van der Waals surface area contributed by atoms with E-state index in [0.29, 0.717) is 23.3 Å². The molecule has 3 aromatic rings. The number of benzene rings is 2. The minimum Gasteiger partial charge on any atom is -0.379 e. The highest BCUT2D eigenvalue weighted by molar-refractivity contribution is 7.90. The van der Waals surface area contributed by atoms with Gasteiger partial charge in [0, 0.05) is 37.8 Å². The molecule has 2 aromatic carbocycles. The second kappa shape index (κ2) is 8.44. The summed E-state index contributed by atoms with van der Waals surface area (Å²) < 4.78 is 29.2. The summed E-state index contributed by atoms with van der Waals surface area (Å²) in [6, 6.07) is 13.4. The Bertz CT molecular complexity index is 1110. The zero-order valence-electron chi connectivity index (χ0n) is 16.3. The first-order chi connectivity index (χ1) is 14.0. The van der Waals surface area contributed by atoms with E-state index in [1.807, 2.05) is 0 Å². The standard InChI is InChI=1S/C21H24N4O3S/c1-29(26,27)18-5-6-20-19(12-18)21(24-15-23-20)22-13-16-3-2-4-17(11-16)14-25-7-9-28-10-8-25/h2-6,11-12,15H,7-10,13-14H2,1H3,(H,22,23,24). The van der Waals surface area contributed by atoms with Gasteiger partial charge >= 0.3 is 0 Å². The number of fused-ring (bicyclic) bond motifs is 1. The highest BCUT2D eigenvalue weighted by atomic mass is 32.2. The van der Waals surface area contributed by atoms with E-state index in [4.69, 9.17) is 4.74 Å². The summed E-state index contributed by atoms with van der Waals surface area (Å²) in [5, 5.41) is 4.03. The summed E-state index contributed by atoms with van der Waals surface area (Å²) in [6.45, 7) is 4.99. The number of anilines is 1. The number of hydrogen-bond donors (Lipinski definition) is 1. The smallest absolute Gasteiger partial charge is 0.175 e. The minimum absolute atomic E-state index is 0.260. The molecular weight excluding hydrogens is 388 g/mol. The van der Waals surface area contributed by atoms with Crippen molar-refractivity contribution in [2.75, 3.05) is 37.9 Å². The molecule has 7 nitrogen and oxygen atoms in total. The summed E-state index contributed by atoms with van der Waals surface area (Å²) >= 11 is 0. The van der Waals surface area contributed by atoms with Crippen molar-refractivity contribution in [1.82, 2.24) is 14.9 Å². The molecule has 0 radical (unpaired) electrons. The Morgan fingerprint density at radius 1 is 1.07 bits per heavy atom. The molecule has 1 saturated heterocycles. The SMILES string of the molecule is CS(=O)(=O)c1ccc2ncnc(NCc3cccc(CN4CCOCC4)c3)c2c1.